The molecule has 0 spiro atoms. The van der Waals surface area contributed by atoms with Crippen LogP contribution in [0.4, 0.5) is 0 Å². The molecule has 1 fully saturated rings. The van der Waals surface area contributed by atoms with Crippen molar-refractivity contribution in [3.63, 3.8) is 0 Å². The van der Waals surface area contributed by atoms with Crippen molar-refractivity contribution in [1.82, 2.24) is 10.2 Å². The maximum atomic E-state index is 11.4. The van der Waals surface area contributed by atoms with Gasteiger partial charge in [-0.25, -0.2) is 8.42 Å². The molecule has 0 aliphatic carbocycles. The highest BCUT2D eigenvalue weighted by Crippen LogP contribution is 2.13. The third-order valence-electron chi connectivity index (χ3n) is 3.78. The van der Waals surface area contributed by atoms with E-state index < -0.39 is 9.84 Å². The van der Waals surface area contributed by atoms with Gasteiger partial charge in [0.2, 0.25) is 0 Å². The topological polar surface area (TPSA) is 49.4 Å². The quantitative estimate of drug-likeness (QED) is 0.794. The van der Waals surface area contributed by atoms with Crippen LogP contribution in [0, 0.1) is 0 Å². The second-order valence-electron chi connectivity index (χ2n) is 5.45. The molecule has 4 nitrogen and oxygen atoms in total. The van der Waals surface area contributed by atoms with Crippen LogP contribution in [0.3, 0.4) is 0 Å². The largest absolute Gasteiger partial charge is 0.313 e. The summed E-state index contributed by atoms with van der Waals surface area (Å²) in [6, 6.07) is 1.10. The van der Waals surface area contributed by atoms with E-state index in [9.17, 15) is 8.42 Å². The van der Waals surface area contributed by atoms with Gasteiger partial charge >= 0.3 is 0 Å². The zero-order valence-electron chi connectivity index (χ0n) is 12.0. The lowest BCUT2D eigenvalue weighted by Crippen LogP contribution is -2.35. The summed E-state index contributed by atoms with van der Waals surface area (Å²) in [5.41, 5.74) is 0. The molecule has 1 aliphatic heterocycles. The van der Waals surface area contributed by atoms with E-state index >= 15 is 0 Å². The van der Waals surface area contributed by atoms with Crippen LogP contribution >= 0.6 is 0 Å². The normalized spacial score (nSPS) is 23.2. The molecule has 1 N–H and O–H groups in total. The lowest BCUT2D eigenvalue weighted by molar-refractivity contribution is 0.229. The first kappa shape index (κ1) is 15.9. The minimum absolute atomic E-state index is 0.250. The Morgan fingerprint density at radius 1 is 1.28 bits per heavy atom. The molecule has 108 valence electrons. The Morgan fingerprint density at radius 3 is 2.61 bits per heavy atom. The lowest BCUT2D eigenvalue weighted by atomic mass is 10.1. The van der Waals surface area contributed by atoms with Gasteiger partial charge in [-0.2, -0.15) is 0 Å². The number of hydrogen-bond acceptors (Lipinski definition) is 4. The van der Waals surface area contributed by atoms with Crippen molar-refractivity contribution in [2.45, 2.75) is 52.1 Å². The van der Waals surface area contributed by atoms with E-state index in [4.69, 9.17) is 0 Å². The fourth-order valence-corrected chi connectivity index (χ4v) is 3.12. The third kappa shape index (κ3) is 5.67. The average molecular weight is 276 g/mol. The van der Waals surface area contributed by atoms with Gasteiger partial charge < -0.3 is 10.2 Å². The van der Waals surface area contributed by atoms with E-state index in [0.717, 1.165) is 19.4 Å². The van der Waals surface area contributed by atoms with Crippen molar-refractivity contribution in [1.29, 1.82) is 0 Å². The maximum absolute atomic E-state index is 11.4. The molecule has 18 heavy (non-hydrogen) atoms. The van der Waals surface area contributed by atoms with Gasteiger partial charge in [0.1, 0.15) is 0 Å². The first-order chi connectivity index (χ1) is 8.44. The van der Waals surface area contributed by atoms with Crippen LogP contribution in [0.5, 0.6) is 0 Å². The molecule has 1 heterocycles. The Hall–Kier alpha value is -0.130. The van der Waals surface area contributed by atoms with Crippen LogP contribution in [0.15, 0.2) is 0 Å². The van der Waals surface area contributed by atoms with Gasteiger partial charge in [-0.05, 0) is 46.2 Å². The molecule has 0 aromatic heterocycles. The fourth-order valence-electron chi connectivity index (χ4n) is 2.40. The SMILES string of the molecule is CCS(=O)(=O)CCNC1CCCN(C(C)C)CC1. The average Bonchev–Trinajstić information content (AvgIpc) is 2.54. The minimum Gasteiger partial charge on any atom is -0.313 e. The Labute approximate surface area is 112 Å². The summed E-state index contributed by atoms with van der Waals surface area (Å²) in [6.45, 7) is 9.08. The molecule has 0 bridgehead atoms. The molecule has 0 aromatic rings. The molecule has 1 aliphatic rings. The summed E-state index contributed by atoms with van der Waals surface area (Å²) in [5.74, 6) is 0.522. The third-order valence-corrected chi connectivity index (χ3v) is 5.48. The van der Waals surface area contributed by atoms with E-state index in [1.54, 1.807) is 6.92 Å². The number of likely N-dealkylation sites (tertiary alicyclic amines) is 1. The first-order valence-electron chi connectivity index (χ1n) is 7.12. The summed E-state index contributed by atoms with van der Waals surface area (Å²) in [4.78, 5) is 2.50. The van der Waals surface area contributed by atoms with Gasteiger partial charge in [-0.15, -0.1) is 0 Å². The van der Waals surface area contributed by atoms with Gasteiger partial charge in [0, 0.05) is 24.4 Å². The number of nitrogens with one attached hydrogen (secondary N) is 1. The van der Waals surface area contributed by atoms with Crippen molar-refractivity contribution in [2.24, 2.45) is 0 Å². The van der Waals surface area contributed by atoms with Gasteiger partial charge in [-0.3, -0.25) is 0 Å². The number of rotatable bonds is 6. The van der Waals surface area contributed by atoms with Gasteiger partial charge in [0.25, 0.3) is 0 Å². The Morgan fingerprint density at radius 2 is 2.00 bits per heavy atom. The zero-order chi connectivity index (χ0) is 13.6. The lowest BCUT2D eigenvalue weighted by Gasteiger charge is -2.24. The molecule has 0 amide bonds. The van der Waals surface area contributed by atoms with E-state index in [2.05, 4.69) is 24.1 Å². The van der Waals surface area contributed by atoms with Crippen LogP contribution < -0.4 is 5.32 Å². The summed E-state index contributed by atoms with van der Waals surface area (Å²) < 4.78 is 22.8. The van der Waals surface area contributed by atoms with E-state index in [1.807, 2.05) is 0 Å². The summed E-state index contributed by atoms with van der Waals surface area (Å²) >= 11 is 0. The molecule has 1 rings (SSSR count). The molecular weight excluding hydrogens is 248 g/mol. The summed E-state index contributed by atoms with van der Waals surface area (Å²) in [6.07, 6.45) is 3.50. The van der Waals surface area contributed by atoms with Crippen molar-refractivity contribution in [3.8, 4) is 0 Å². The van der Waals surface area contributed by atoms with Crippen LogP contribution in [0.2, 0.25) is 0 Å². The van der Waals surface area contributed by atoms with Gasteiger partial charge in [0.15, 0.2) is 9.84 Å². The van der Waals surface area contributed by atoms with Crippen molar-refractivity contribution >= 4 is 9.84 Å². The first-order valence-corrected chi connectivity index (χ1v) is 8.94. The van der Waals surface area contributed by atoms with E-state index in [0.29, 0.717) is 18.6 Å². The second kappa shape index (κ2) is 7.46. The van der Waals surface area contributed by atoms with Gasteiger partial charge in [-0.1, -0.05) is 6.92 Å². The number of hydrogen-bond donors (Lipinski definition) is 1. The summed E-state index contributed by atoms with van der Waals surface area (Å²) in [7, 11) is -2.83. The zero-order valence-corrected chi connectivity index (χ0v) is 12.8. The second-order valence-corrected chi connectivity index (χ2v) is 7.92. The number of sulfone groups is 1. The van der Waals surface area contributed by atoms with Gasteiger partial charge in [0.05, 0.1) is 5.75 Å². The van der Waals surface area contributed by atoms with Crippen molar-refractivity contribution in [2.75, 3.05) is 31.1 Å². The monoisotopic (exact) mass is 276 g/mol. The summed E-state index contributed by atoms with van der Waals surface area (Å²) in [5, 5.41) is 3.41. The van der Waals surface area contributed by atoms with E-state index in [-0.39, 0.29) is 11.5 Å². The predicted octanol–water partition coefficient (Wildman–Crippen LogP) is 1.27. The predicted molar refractivity (Wildman–Crippen MR) is 76.7 cm³/mol. The highest BCUT2D eigenvalue weighted by Gasteiger charge is 2.18. The molecule has 0 radical (unpaired) electrons. The highest BCUT2D eigenvalue weighted by molar-refractivity contribution is 7.91. The molecule has 1 unspecified atom stereocenters. The standard InChI is InChI=1S/C13H28N2O2S/c1-4-18(16,17)11-8-14-13-6-5-9-15(10-7-13)12(2)3/h12-14H,4-11H2,1-3H3. The highest BCUT2D eigenvalue weighted by atomic mass is 32.2. The molecule has 0 aromatic carbocycles. The molecule has 0 saturated carbocycles. The van der Waals surface area contributed by atoms with Crippen molar-refractivity contribution in [3.05, 3.63) is 0 Å². The molecule has 1 atom stereocenters. The van der Waals surface area contributed by atoms with Crippen LogP contribution in [0.25, 0.3) is 0 Å². The van der Waals surface area contributed by atoms with Crippen LogP contribution in [0.1, 0.15) is 40.0 Å². The Balaban J connectivity index is 2.28. The fraction of sp³-hybridized carbons (Fsp3) is 1.00. The minimum atomic E-state index is -2.83. The maximum Gasteiger partial charge on any atom is 0.151 e. The molecule has 5 heteroatoms. The molecular formula is C13H28N2O2S. The van der Waals surface area contributed by atoms with E-state index in [1.165, 1.54) is 13.0 Å². The Bertz CT molecular complexity index is 328. The molecule has 1 saturated heterocycles. The van der Waals surface area contributed by atoms with Crippen LogP contribution in [-0.2, 0) is 9.84 Å². The van der Waals surface area contributed by atoms with Crippen molar-refractivity contribution < 1.29 is 8.42 Å². The smallest absolute Gasteiger partial charge is 0.151 e. The Kier molecular flexibility index (Phi) is 6.60. The van der Waals surface area contributed by atoms with Crippen LogP contribution in [-0.4, -0.2) is 56.5 Å². The number of nitrogens with zero attached hydrogens (tertiary/aromatic N) is 1.